The SMILES string of the molecule is CC(c1cccs1)N(C)CCC(=O)c1cccc(Cl)c1. The fourth-order valence-electron chi connectivity index (χ4n) is 2.02. The molecule has 0 fully saturated rings. The first kappa shape index (κ1) is 15.2. The Kier molecular flexibility index (Phi) is 5.35. The smallest absolute Gasteiger partial charge is 0.164 e. The average molecular weight is 308 g/mol. The summed E-state index contributed by atoms with van der Waals surface area (Å²) in [6.07, 6.45) is 0.507. The number of nitrogens with zero attached hydrogens (tertiary/aromatic N) is 1. The van der Waals surface area contributed by atoms with Crippen molar-refractivity contribution in [3.63, 3.8) is 0 Å². The lowest BCUT2D eigenvalue weighted by molar-refractivity contribution is 0.0962. The number of hydrogen-bond donors (Lipinski definition) is 0. The van der Waals surface area contributed by atoms with E-state index in [0.717, 1.165) is 6.54 Å². The number of halogens is 1. The zero-order chi connectivity index (χ0) is 14.5. The summed E-state index contributed by atoms with van der Waals surface area (Å²) in [7, 11) is 2.05. The summed E-state index contributed by atoms with van der Waals surface area (Å²) in [5.41, 5.74) is 0.690. The van der Waals surface area contributed by atoms with Crippen molar-refractivity contribution >= 4 is 28.7 Å². The van der Waals surface area contributed by atoms with Crippen LogP contribution in [0.1, 0.15) is 34.6 Å². The zero-order valence-corrected chi connectivity index (χ0v) is 13.2. The van der Waals surface area contributed by atoms with Crippen molar-refractivity contribution < 1.29 is 4.79 Å². The fraction of sp³-hybridized carbons (Fsp3) is 0.312. The van der Waals surface area contributed by atoms with E-state index in [1.165, 1.54) is 4.88 Å². The van der Waals surface area contributed by atoms with Gasteiger partial charge in [-0.15, -0.1) is 11.3 Å². The number of carbonyl (C=O) groups excluding carboxylic acids is 1. The number of thiophene rings is 1. The molecule has 0 radical (unpaired) electrons. The van der Waals surface area contributed by atoms with Crippen molar-refractivity contribution in [2.45, 2.75) is 19.4 Å². The molecule has 1 atom stereocenters. The normalized spacial score (nSPS) is 12.6. The molecule has 2 rings (SSSR count). The Morgan fingerprint density at radius 3 is 2.80 bits per heavy atom. The topological polar surface area (TPSA) is 20.3 Å². The highest BCUT2D eigenvalue weighted by Gasteiger charge is 2.14. The minimum Gasteiger partial charge on any atom is -0.298 e. The summed E-state index contributed by atoms with van der Waals surface area (Å²) in [4.78, 5) is 15.7. The van der Waals surface area contributed by atoms with Gasteiger partial charge in [0.15, 0.2) is 5.78 Å². The second-order valence-electron chi connectivity index (χ2n) is 4.86. The van der Waals surface area contributed by atoms with E-state index in [0.29, 0.717) is 23.0 Å². The first-order chi connectivity index (χ1) is 9.58. The van der Waals surface area contributed by atoms with Crippen molar-refractivity contribution in [3.8, 4) is 0 Å². The highest BCUT2D eigenvalue weighted by molar-refractivity contribution is 7.10. The highest BCUT2D eigenvalue weighted by Crippen LogP contribution is 2.23. The van der Waals surface area contributed by atoms with Crippen molar-refractivity contribution in [2.75, 3.05) is 13.6 Å². The molecule has 4 heteroatoms. The molecular formula is C16H18ClNOS. The van der Waals surface area contributed by atoms with Gasteiger partial charge in [-0.2, -0.15) is 0 Å². The zero-order valence-electron chi connectivity index (χ0n) is 11.7. The van der Waals surface area contributed by atoms with Gasteiger partial charge in [0.1, 0.15) is 0 Å². The van der Waals surface area contributed by atoms with Gasteiger partial charge in [0.2, 0.25) is 0 Å². The van der Waals surface area contributed by atoms with Gasteiger partial charge < -0.3 is 0 Å². The molecule has 0 saturated carbocycles. The van der Waals surface area contributed by atoms with Crippen LogP contribution in [0.5, 0.6) is 0 Å². The third-order valence-corrected chi connectivity index (χ3v) is 4.73. The lowest BCUT2D eigenvalue weighted by atomic mass is 10.1. The van der Waals surface area contributed by atoms with Crippen molar-refractivity contribution in [3.05, 3.63) is 57.2 Å². The van der Waals surface area contributed by atoms with Gasteiger partial charge in [-0.05, 0) is 37.6 Å². The van der Waals surface area contributed by atoms with Gasteiger partial charge >= 0.3 is 0 Å². The van der Waals surface area contributed by atoms with Gasteiger partial charge in [-0.25, -0.2) is 0 Å². The maximum atomic E-state index is 12.1. The third kappa shape index (κ3) is 3.92. The molecule has 1 aromatic heterocycles. The number of Topliss-reactive ketones (excluding diaryl/α,β-unsaturated/α-hetero) is 1. The molecule has 1 unspecified atom stereocenters. The second kappa shape index (κ2) is 7.02. The van der Waals surface area contributed by atoms with Crippen LogP contribution in [0.25, 0.3) is 0 Å². The maximum absolute atomic E-state index is 12.1. The highest BCUT2D eigenvalue weighted by atomic mass is 35.5. The van der Waals surface area contributed by atoms with Gasteiger partial charge in [0.25, 0.3) is 0 Å². The Labute approximate surface area is 129 Å². The molecule has 0 aliphatic carbocycles. The van der Waals surface area contributed by atoms with Crippen LogP contribution >= 0.6 is 22.9 Å². The first-order valence-electron chi connectivity index (χ1n) is 6.60. The van der Waals surface area contributed by atoms with E-state index in [4.69, 9.17) is 11.6 Å². The molecule has 0 saturated heterocycles. The summed E-state index contributed by atoms with van der Waals surface area (Å²) in [5, 5.41) is 2.69. The minimum atomic E-state index is 0.137. The van der Waals surface area contributed by atoms with Gasteiger partial charge in [0.05, 0.1) is 0 Å². The average Bonchev–Trinajstić information content (AvgIpc) is 2.97. The van der Waals surface area contributed by atoms with E-state index in [9.17, 15) is 4.79 Å². The quantitative estimate of drug-likeness (QED) is 0.723. The second-order valence-corrected chi connectivity index (χ2v) is 6.27. The van der Waals surface area contributed by atoms with Crippen LogP contribution in [0.2, 0.25) is 5.02 Å². The van der Waals surface area contributed by atoms with Crippen LogP contribution in [0.15, 0.2) is 41.8 Å². The Bertz CT molecular complexity index is 568. The molecule has 106 valence electrons. The molecule has 0 N–H and O–H groups in total. The predicted molar refractivity (Wildman–Crippen MR) is 85.8 cm³/mol. The van der Waals surface area contributed by atoms with Gasteiger partial charge in [0, 0.05) is 34.5 Å². The van der Waals surface area contributed by atoms with Crippen LogP contribution in [-0.4, -0.2) is 24.3 Å². The largest absolute Gasteiger partial charge is 0.298 e. The Morgan fingerprint density at radius 1 is 1.35 bits per heavy atom. The van der Waals surface area contributed by atoms with Crippen molar-refractivity contribution in [2.24, 2.45) is 0 Å². The first-order valence-corrected chi connectivity index (χ1v) is 7.86. The monoisotopic (exact) mass is 307 g/mol. The Morgan fingerprint density at radius 2 is 2.15 bits per heavy atom. The van der Waals surface area contributed by atoms with Crippen molar-refractivity contribution in [1.82, 2.24) is 4.90 Å². The van der Waals surface area contributed by atoms with Gasteiger partial charge in [-0.1, -0.05) is 29.8 Å². The Hall–Kier alpha value is -1.16. The lowest BCUT2D eigenvalue weighted by Crippen LogP contribution is -2.24. The molecule has 0 bridgehead atoms. The standard InChI is InChI=1S/C16H18ClNOS/c1-12(16-7-4-10-20-16)18(2)9-8-15(19)13-5-3-6-14(17)11-13/h3-7,10-12H,8-9H2,1-2H3. The molecule has 2 aromatic rings. The van der Waals surface area contributed by atoms with E-state index in [2.05, 4.69) is 36.4 Å². The fourth-order valence-corrected chi connectivity index (χ4v) is 3.06. The lowest BCUT2D eigenvalue weighted by Gasteiger charge is -2.23. The van der Waals surface area contributed by atoms with Crippen LogP contribution < -0.4 is 0 Å². The molecule has 0 amide bonds. The summed E-state index contributed by atoms with van der Waals surface area (Å²) in [6.45, 7) is 2.90. The molecule has 0 aliphatic heterocycles. The van der Waals surface area contributed by atoms with E-state index in [-0.39, 0.29) is 5.78 Å². The predicted octanol–water partition coefficient (Wildman–Crippen LogP) is 4.67. The number of ketones is 1. The van der Waals surface area contributed by atoms with E-state index >= 15 is 0 Å². The molecule has 0 aliphatic rings. The number of carbonyl (C=O) groups is 1. The van der Waals surface area contributed by atoms with Crippen LogP contribution in [-0.2, 0) is 0 Å². The summed E-state index contributed by atoms with van der Waals surface area (Å²) in [6, 6.07) is 11.7. The summed E-state index contributed by atoms with van der Waals surface area (Å²) in [5.74, 6) is 0.137. The van der Waals surface area contributed by atoms with Crippen LogP contribution in [0, 0.1) is 0 Å². The molecule has 20 heavy (non-hydrogen) atoms. The Balaban J connectivity index is 1.90. The molecule has 2 nitrogen and oxygen atoms in total. The van der Waals surface area contributed by atoms with E-state index < -0.39 is 0 Å². The van der Waals surface area contributed by atoms with E-state index in [1.807, 2.05) is 12.1 Å². The summed E-state index contributed by atoms with van der Waals surface area (Å²) < 4.78 is 0. The number of hydrogen-bond acceptors (Lipinski definition) is 3. The molecule has 0 spiro atoms. The maximum Gasteiger partial charge on any atom is 0.164 e. The van der Waals surface area contributed by atoms with Gasteiger partial charge in [-0.3, -0.25) is 9.69 Å². The van der Waals surface area contributed by atoms with Crippen molar-refractivity contribution in [1.29, 1.82) is 0 Å². The molecular weight excluding hydrogens is 290 g/mol. The molecule has 1 heterocycles. The van der Waals surface area contributed by atoms with Crippen LogP contribution in [0.4, 0.5) is 0 Å². The third-order valence-electron chi connectivity index (χ3n) is 3.45. The minimum absolute atomic E-state index is 0.137. The number of benzene rings is 1. The van der Waals surface area contributed by atoms with E-state index in [1.54, 1.807) is 23.5 Å². The molecule has 1 aromatic carbocycles. The van der Waals surface area contributed by atoms with Crippen LogP contribution in [0.3, 0.4) is 0 Å². The summed E-state index contributed by atoms with van der Waals surface area (Å²) >= 11 is 7.66. The number of rotatable bonds is 6.